The maximum Gasteiger partial charge on any atom is 0.338 e. The van der Waals surface area contributed by atoms with Gasteiger partial charge in [0.15, 0.2) is 5.76 Å². The highest BCUT2D eigenvalue weighted by Gasteiger charge is 2.46. The van der Waals surface area contributed by atoms with Gasteiger partial charge < -0.3 is 14.8 Å². The van der Waals surface area contributed by atoms with E-state index in [1.165, 1.54) is 12.1 Å². The van der Waals surface area contributed by atoms with Crippen molar-refractivity contribution in [3.8, 4) is 0 Å². The lowest BCUT2D eigenvalue weighted by Gasteiger charge is -2.16. The number of carboxylic acids is 1. The number of carbonyl (C=O) groups excluding carboxylic acids is 1. The average Bonchev–Trinajstić information content (AvgIpc) is 3.10. The molecule has 1 aliphatic rings. The first-order valence-corrected chi connectivity index (χ1v) is 6.87. The predicted octanol–water partition coefficient (Wildman–Crippen LogP) is 2.58. The molecule has 0 spiro atoms. The molecule has 2 N–H and O–H groups in total. The molecule has 0 unspecified atom stereocenters. The topological polar surface area (TPSA) is 79.5 Å². The molecule has 114 valence electrons. The molecule has 1 amide bonds. The van der Waals surface area contributed by atoms with E-state index in [2.05, 4.69) is 5.32 Å². The zero-order valence-corrected chi connectivity index (χ0v) is 11.6. The van der Waals surface area contributed by atoms with Gasteiger partial charge in [0.2, 0.25) is 0 Å². The number of carbonyl (C=O) groups is 2. The summed E-state index contributed by atoms with van der Waals surface area (Å²) in [6, 6.07) is 7.70. The van der Waals surface area contributed by atoms with Crippen LogP contribution in [0.5, 0.6) is 0 Å². The van der Waals surface area contributed by atoms with Gasteiger partial charge in [0.25, 0.3) is 5.91 Å². The fraction of sp³-hybridized carbons (Fsp3) is 0.250. The zero-order chi connectivity index (χ0) is 15.7. The predicted molar refractivity (Wildman–Crippen MR) is 75.3 cm³/mol. The smallest absolute Gasteiger partial charge is 0.338 e. The minimum absolute atomic E-state index is 0.0678. The molecule has 1 aliphatic carbocycles. The number of rotatable bonds is 5. The van der Waals surface area contributed by atoms with Crippen molar-refractivity contribution >= 4 is 11.9 Å². The van der Waals surface area contributed by atoms with Crippen LogP contribution in [-0.2, 0) is 5.41 Å². The Morgan fingerprint density at radius 1 is 1.32 bits per heavy atom. The Morgan fingerprint density at radius 2 is 2.05 bits per heavy atom. The lowest BCUT2D eigenvalue weighted by atomic mass is 9.95. The largest absolute Gasteiger partial charge is 0.478 e. The van der Waals surface area contributed by atoms with Gasteiger partial charge in [-0.3, -0.25) is 4.79 Å². The van der Waals surface area contributed by atoms with Gasteiger partial charge in [-0.2, -0.15) is 0 Å². The second kappa shape index (κ2) is 5.29. The summed E-state index contributed by atoms with van der Waals surface area (Å²) in [6.07, 6.45) is 2.61. The Bertz CT molecular complexity index is 733. The maximum absolute atomic E-state index is 13.9. The second-order valence-corrected chi connectivity index (χ2v) is 5.45. The minimum atomic E-state index is -1.16. The number of amides is 1. The Hall–Kier alpha value is -2.63. The number of aromatic carboxylic acids is 1. The fourth-order valence-electron chi connectivity index (χ4n) is 2.49. The first-order valence-electron chi connectivity index (χ1n) is 6.87. The summed E-state index contributed by atoms with van der Waals surface area (Å²) in [4.78, 5) is 22.7. The van der Waals surface area contributed by atoms with Crippen LogP contribution in [0.2, 0.25) is 0 Å². The molecule has 0 radical (unpaired) electrons. The molecule has 1 aromatic carbocycles. The van der Waals surface area contributed by atoms with Gasteiger partial charge in [-0.15, -0.1) is 0 Å². The Morgan fingerprint density at radius 3 is 2.64 bits per heavy atom. The minimum Gasteiger partial charge on any atom is -0.478 e. The van der Waals surface area contributed by atoms with Gasteiger partial charge >= 0.3 is 5.97 Å². The van der Waals surface area contributed by atoms with Gasteiger partial charge in [0.05, 0.1) is 5.56 Å². The monoisotopic (exact) mass is 303 g/mol. The molecule has 3 rings (SSSR count). The van der Waals surface area contributed by atoms with E-state index in [0.29, 0.717) is 5.56 Å². The van der Waals surface area contributed by atoms with Crippen LogP contribution in [0.25, 0.3) is 0 Å². The highest BCUT2D eigenvalue weighted by Crippen LogP contribution is 2.48. The van der Waals surface area contributed by atoms with E-state index < -0.39 is 11.9 Å². The Labute approximate surface area is 125 Å². The summed E-state index contributed by atoms with van der Waals surface area (Å²) in [5.74, 6) is -2.01. The van der Waals surface area contributed by atoms with E-state index >= 15 is 0 Å². The summed E-state index contributed by atoms with van der Waals surface area (Å²) < 4.78 is 18.8. The third kappa shape index (κ3) is 2.59. The molecule has 1 saturated carbocycles. The summed E-state index contributed by atoms with van der Waals surface area (Å²) in [5, 5.41) is 11.5. The van der Waals surface area contributed by atoms with Crippen molar-refractivity contribution in [2.75, 3.05) is 6.54 Å². The SMILES string of the molecule is O=C(O)c1coc(C(=O)NCC2(c3ccccc3F)CC2)c1. The lowest BCUT2D eigenvalue weighted by molar-refractivity contribution is 0.0696. The molecule has 6 heteroatoms. The van der Waals surface area contributed by atoms with Crippen molar-refractivity contribution in [2.24, 2.45) is 0 Å². The standard InChI is InChI=1S/C16H14FNO4/c17-12-4-2-1-3-11(12)16(5-6-16)9-18-14(19)13-7-10(8-22-13)15(20)21/h1-4,7-8H,5-6,9H2,(H,18,19)(H,20,21). The molecule has 0 aliphatic heterocycles. The van der Waals surface area contributed by atoms with Crippen LogP contribution in [0.1, 0.15) is 39.3 Å². The molecule has 22 heavy (non-hydrogen) atoms. The molecular formula is C16H14FNO4. The van der Waals surface area contributed by atoms with Gasteiger partial charge in [0, 0.05) is 18.0 Å². The van der Waals surface area contributed by atoms with Crippen molar-refractivity contribution in [3.05, 3.63) is 59.3 Å². The summed E-state index contributed by atoms with van der Waals surface area (Å²) in [6.45, 7) is 0.288. The van der Waals surface area contributed by atoms with E-state index in [9.17, 15) is 14.0 Å². The van der Waals surface area contributed by atoms with Gasteiger partial charge in [0.1, 0.15) is 12.1 Å². The van der Waals surface area contributed by atoms with Crippen molar-refractivity contribution in [1.82, 2.24) is 5.32 Å². The lowest BCUT2D eigenvalue weighted by Crippen LogP contribution is -2.32. The van der Waals surface area contributed by atoms with Crippen molar-refractivity contribution in [2.45, 2.75) is 18.3 Å². The highest BCUT2D eigenvalue weighted by molar-refractivity contribution is 5.95. The Kier molecular flexibility index (Phi) is 3.44. The van der Waals surface area contributed by atoms with E-state index in [1.807, 2.05) is 0 Å². The third-order valence-corrected chi connectivity index (χ3v) is 3.96. The number of hydrogen-bond donors (Lipinski definition) is 2. The second-order valence-electron chi connectivity index (χ2n) is 5.45. The molecule has 1 heterocycles. The zero-order valence-electron chi connectivity index (χ0n) is 11.6. The maximum atomic E-state index is 13.9. The van der Waals surface area contributed by atoms with Gasteiger partial charge in [-0.1, -0.05) is 18.2 Å². The quantitative estimate of drug-likeness (QED) is 0.889. The number of halogens is 1. The molecule has 1 fully saturated rings. The van der Waals surface area contributed by atoms with E-state index in [1.54, 1.807) is 18.2 Å². The van der Waals surface area contributed by atoms with Gasteiger partial charge in [-0.05, 0) is 24.5 Å². The Balaban J connectivity index is 1.68. The van der Waals surface area contributed by atoms with Crippen LogP contribution in [0.4, 0.5) is 4.39 Å². The molecule has 2 aromatic rings. The first-order chi connectivity index (χ1) is 10.5. The van der Waals surface area contributed by atoms with Crippen molar-refractivity contribution < 1.29 is 23.5 Å². The van der Waals surface area contributed by atoms with Gasteiger partial charge in [-0.25, -0.2) is 9.18 Å². The van der Waals surface area contributed by atoms with Crippen molar-refractivity contribution in [3.63, 3.8) is 0 Å². The van der Waals surface area contributed by atoms with Crippen LogP contribution in [0.3, 0.4) is 0 Å². The number of hydrogen-bond acceptors (Lipinski definition) is 3. The van der Waals surface area contributed by atoms with Crippen molar-refractivity contribution in [1.29, 1.82) is 0 Å². The number of nitrogens with one attached hydrogen (secondary N) is 1. The van der Waals surface area contributed by atoms with Crippen LogP contribution < -0.4 is 5.32 Å². The number of benzene rings is 1. The molecule has 5 nitrogen and oxygen atoms in total. The molecular weight excluding hydrogens is 289 g/mol. The van der Waals surface area contributed by atoms with Crippen LogP contribution in [-0.4, -0.2) is 23.5 Å². The average molecular weight is 303 g/mol. The van der Waals surface area contributed by atoms with E-state index in [-0.39, 0.29) is 29.1 Å². The summed E-state index contributed by atoms with van der Waals surface area (Å²) in [7, 11) is 0. The number of furan rings is 1. The fourth-order valence-corrected chi connectivity index (χ4v) is 2.49. The molecule has 0 saturated heterocycles. The number of carboxylic acid groups (broad SMARTS) is 1. The van der Waals surface area contributed by atoms with E-state index in [4.69, 9.17) is 9.52 Å². The molecule has 1 aromatic heterocycles. The van der Waals surface area contributed by atoms with E-state index in [0.717, 1.165) is 19.1 Å². The first kappa shape index (κ1) is 14.3. The highest BCUT2D eigenvalue weighted by atomic mass is 19.1. The third-order valence-electron chi connectivity index (χ3n) is 3.96. The normalized spacial score (nSPS) is 15.3. The van der Waals surface area contributed by atoms with Crippen LogP contribution in [0.15, 0.2) is 41.0 Å². The summed E-state index contributed by atoms with van der Waals surface area (Å²) in [5.41, 5.74) is 0.143. The molecule has 0 atom stereocenters. The molecule has 0 bridgehead atoms. The van der Waals surface area contributed by atoms with Crippen LogP contribution >= 0.6 is 0 Å². The van der Waals surface area contributed by atoms with Crippen LogP contribution in [0, 0.1) is 5.82 Å². The summed E-state index contributed by atoms with van der Waals surface area (Å²) >= 11 is 0.